The smallest absolute Gasteiger partial charge is 0.227 e. The van der Waals surface area contributed by atoms with Crippen molar-refractivity contribution in [1.82, 2.24) is 4.90 Å². The van der Waals surface area contributed by atoms with Crippen LogP contribution in [0, 0.1) is 0 Å². The van der Waals surface area contributed by atoms with Gasteiger partial charge >= 0.3 is 0 Å². The van der Waals surface area contributed by atoms with Gasteiger partial charge in [0.2, 0.25) is 5.91 Å². The third-order valence-electron chi connectivity index (χ3n) is 1.46. The quantitative estimate of drug-likeness (QED) is 0.525. The third-order valence-corrected chi connectivity index (χ3v) is 1.46. The zero-order valence-corrected chi connectivity index (χ0v) is 5.92. The molecule has 0 saturated carbocycles. The van der Waals surface area contributed by atoms with Crippen molar-refractivity contribution in [3.8, 4) is 0 Å². The van der Waals surface area contributed by atoms with E-state index in [-0.39, 0.29) is 5.91 Å². The van der Waals surface area contributed by atoms with Crippen LogP contribution in [-0.4, -0.2) is 17.4 Å². The maximum absolute atomic E-state index is 11.0. The van der Waals surface area contributed by atoms with Gasteiger partial charge in [0, 0.05) is 19.2 Å². The highest BCUT2D eigenvalue weighted by atomic mass is 16.2. The fraction of sp³-hybridized carbons (Fsp3) is 0.375. The van der Waals surface area contributed by atoms with E-state index in [2.05, 4.69) is 6.58 Å². The summed E-state index contributed by atoms with van der Waals surface area (Å²) in [4.78, 5) is 12.7. The minimum Gasteiger partial charge on any atom is -0.316 e. The summed E-state index contributed by atoms with van der Waals surface area (Å²) in [5.41, 5.74) is 0. The lowest BCUT2D eigenvalue weighted by atomic mass is 10.2. The van der Waals surface area contributed by atoms with Gasteiger partial charge in [-0.25, -0.2) is 0 Å². The van der Waals surface area contributed by atoms with Crippen LogP contribution in [0.1, 0.15) is 12.8 Å². The van der Waals surface area contributed by atoms with E-state index in [0.717, 1.165) is 6.42 Å². The van der Waals surface area contributed by atoms with Crippen molar-refractivity contribution >= 4 is 5.91 Å². The second kappa shape index (κ2) is 3.20. The van der Waals surface area contributed by atoms with Gasteiger partial charge in [0.25, 0.3) is 0 Å². The minimum atomic E-state index is 0.197. The number of carbonyl (C=O) groups excluding carboxylic acids is 1. The summed E-state index contributed by atoms with van der Waals surface area (Å²) >= 11 is 0. The molecule has 0 unspecified atom stereocenters. The summed E-state index contributed by atoms with van der Waals surface area (Å²) in [5, 5.41) is 0. The van der Waals surface area contributed by atoms with Crippen molar-refractivity contribution in [2.24, 2.45) is 0 Å². The van der Waals surface area contributed by atoms with Crippen molar-refractivity contribution < 1.29 is 4.79 Å². The number of nitrogens with zero attached hydrogens (tertiary/aromatic N) is 1. The Balaban J connectivity index is 2.54. The molecule has 2 nitrogen and oxygen atoms in total. The Morgan fingerprint density at radius 1 is 1.80 bits per heavy atom. The molecule has 54 valence electrons. The van der Waals surface area contributed by atoms with Crippen LogP contribution in [-0.2, 0) is 4.79 Å². The Bertz CT molecular complexity index is 172. The number of carbonyl (C=O) groups is 1. The van der Waals surface area contributed by atoms with Gasteiger partial charge in [-0.1, -0.05) is 12.2 Å². The van der Waals surface area contributed by atoms with E-state index in [9.17, 15) is 4.79 Å². The molecule has 1 heterocycles. The molecule has 0 aliphatic carbocycles. The maximum atomic E-state index is 11.0. The molecule has 1 aliphatic heterocycles. The molecule has 0 bridgehead atoms. The number of amides is 1. The zero-order chi connectivity index (χ0) is 7.40. The van der Waals surface area contributed by atoms with Crippen LogP contribution in [0.15, 0.2) is 24.9 Å². The number of rotatable bonds is 2. The van der Waals surface area contributed by atoms with Gasteiger partial charge in [-0.05, 0) is 6.42 Å². The lowest BCUT2D eigenvalue weighted by molar-refractivity contribution is -0.128. The summed E-state index contributed by atoms with van der Waals surface area (Å²) in [6, 6.07) is 0. The molecule has 1 rings (SSSR count). The molecule has 0 N–H and O–H groups in total. The topological polar surface area (TPSA) is 20.3 Å². The first-order valence-corrected chi connectivity index (χ1v) is 3.41. The van der Waals surface area contributed by atoms with Gasteiger partial charge in [-0.15, -0.1) is 6.58 Å². The zero-order valence-electron chi connectivity index (χ0n) is 5.92. The van der Waals surface area contributed by atoms with Crippen LogP contribution < -0.4 is 0 Å². The summed E-state index contributed by atoms with van der Waals surface area (Å²) in [6.45, 7) is 4.20. The predicted octanol–water partition coefficient (Wildman–Crippen LogP) is 1.31. The molecular weight excluding hydrogens is 126 g/mol. The van der Waals surface area contributed by atoms with Crippen molar-refractivity contribution in [2.75, 3.05) is 6.54 Å². The molecule has 0 aromatic heterocycles. The third kappa shape index (κ3) is 1.47. The highest BCUT2D eigenvalue weighted by Crippen LogP contribution is 2.06. The fourth-order valence-corrected chi connectivity index (χ4v) is 0.937. The lowest BCUT2D eigenvalue weighted by Crippen LogP contribution is -2.27. The summed E-state index contributed by atoms with van der Waals surface area (Å²) < 4.78 is 0. The van der Waals surface area contributed by atoms with Crippen molar-refractivity contribution in [3.63, 3.8) is 0 Å². The van der Waals surface area contributed by atoms with Crippen LogP contribution in [0.5, 0.6) is 0 Å². The number of hydrogen-bond donors (Lipinski definition) is 0. The monoisotopic (exact) mass is 137 g/mol. The number of allylic oxidation sites excluding steroid dienone is 1. The van der Waals surface area contributed by atoms with Crippen molar-refractivity contribution in [3.05, 3.63) is 24.9 Å². The van der Waals surface area contributed by atoms with Crippen molar-refractivity contribution in [1.29, 1.82) is 0 Å². The first kappa shape index (κ1) is 7.06. The van der Waals surface area contributed by atoms with E-state index in [1.54, 1.807) is 11.0 Å². The largest absolute Gasteiger partial charge is 0.316 e. The summed E-state index contributed by atoms with van der Waals surface area (Å²) in [5.74, 6) is 0.197. The predicted molar refractivity (Wildman–Crippen MR) is 40.3 cm³/mol. The Morgan fingerprint density at radius 2 is 2.60 bits per heavy atom. The Kier molecular flexibility index (Phi) is 2.26. The maximum Gasteiger partial charge on any atom is 0.227 e. The molecule has 0 spiro atoms. The van der Waals surface area contributed by atoms with Crippen LogP contribution in [0.3, 0.4) is 0 Å². The van der Waals surface area contributed by atoms with E-state index >= 15 is 0 Å². The SMILES string of the molecule is C=CCN1C=CCCC1=O. The number of hydrogen-bond acceptors (Lipinski definition) is 1. The van der Waals surface area contributed by atoms with Crippen LogP contribution in [0.25, 0.3) is 0 Å². The van der Waals surface area contributed by atoms with Gasteiger partial charge < -0.3 is 4.90 Å². The molecule has 0 radical (unpaired) electrons. The van der Waals surface area contributed by atoms with E-state index in [1.807, 2.05) is 12.3 Å². The second-order valence-electron chi connectivity index (χ2n) is 2.26. The Labute approximate surface area is 60.8 Å². The first-order valence-electron chi connectivity index (χ1n) is 3.41. The van der Waals surface area contributed by atoms with Gasteiger partial charge in [0.05, 0.1) is 0 Å². The average Bonchev–Trinajstić information content (AvgIpc) is 1.94. The molecule has 0 aromatic rings. The second-order valence-corrected chi connectivity index (χ2v) is 2.26. The Morgan fingerprint density at radius 3 is 3.20 bits per heavy atom. The lowest BCUT2D eigenvalue weighted by Gasteiger charge is -2.18. The molecule has 0 saturated heterocycles. The first-order chi connectivity index (χ1) is 4.84. The van der Waals surface area contributed by atoms with Crippen molar-refractivity contribution in [2.45, 2.75) is 12.8 Å². The van der Waals surface area contributed by atoms with Crippen LogP contribution >= 0.6 is 0 Å². The normalized spacial score (nSPS) is 17.6. The summed E-state index contributed by atoms with van der Waals surface area (Å²) in [6.07, 6.45) is 7.09. The fourth-order valence-electron chi connectivity index (χ4n) is 0.937. The van der Waals surface area contributed by atoms with Crippen LogP contribution in [0.4, 0.5) is 0 Å². The molecule has 1 amide bonds. The van der Waals surface area contributed by atoms with E-state index in [0.29, 0.717) is 13.0 Å². The molecule has 1 aliphatic rings. The molecule has 0 atom stereocenters. The Hall–Kier alpha value is -1.05. The minimum absolute atomic E-state index is 0.197. The van der Waals surface area contributed by atoms with E-state index in [1.165, 1.54) is 0 Å². The average molecular weight is 137 g/mol. The molecule has 2 heteroatoms. The van der Waals surface area contributed by atoms with Gasteiger partial charge in [0.1, 0.15) is 0 Å². The van der Waals surface area contributed by atoms with Gasteiger partial charge in [-0.2, -0.15) is 0 Å². The van der Waals surface area contributed by atoms with Crippen LogP contribution in [0.2, 0.25) is 0 Å². The van der Waals surface area contributed by atoms with Gasteiger partial charge in [0.15, 0.2) is 0 Å². The molecule has 0 aromatic carbocycles. The van der Waals surface area contributed by atoms with Gasteiger partial charge in [-0.3, -0.25) is 4.79 Å². The molecular formula is C8H11NO. The van der Waals surface area contributed by atoms with E-state index < -0.39 is 0 Å². The highest BCUT2D eigenvalue weighted by molar-refractivity contribution is 5.78. The van der Waals surface area contributed by atoms with E-state index in [4.69, 9.17) is 0 Å². The molecule has 0 fully saturated rings. The highest BCUT2D eigenvalue weighted by Gasteiger charge is 2.10. The standard InChI is InChI=1S/C8H11NO/c1-2-6-9-7-4-3-5-8(9)10/h2,4,7H,1,3,5-6H2. The molecule has 10 heavy (non-hydrogen) atoms. The summed E-state index contributed by atoms with van der Waals surface area (Å²) in [7, 11) is 0.